The summed E-state index contributed by atoms with van der Waals surface area (Å²) in [7, 11) is 1.50. The maximum Gasteiger partial charge on any atom is 0.306 e. The lowest BCUT2D eigenvalue weighted by atomic mass is 10.1. The summed E-state index contributed by atoms with van der Waals surface area (Å²) in [6.45, 7) is 1.86. The molecule has 0 bridgehead atoms. The highest BCUT2D eigenvalue weighted by molar-refractivity contribution is 6.39. The van der Waals surface area contributed by atoms with Gasteiger partial charge in [-0.05, 0) is 6.42 Å². The molecule has 0 saturated carbocycles. The van der Waals surface area contributed by atoms with Gasteiger partial charge in [0, 0.05) is 26.4 Å². The van der Waals surface area contributed by atoms with E-state index in [0.717, 1.165) is 5.01 Å². The highest BCUT2D eigenvalue weighted by Gasteiger charge is 2.21. The molecule has 100 valence electrons. The summed E-state index contributed by atoms with van der Waals surface area (Å²) in [6, 6.07) is 0. The van der Waals surface area contributed by atoms with Crippen LogP contribution >= 0.6 is 0 Å². The van der Waals surface area contributed by atoms with Crippen molar-refractivity contribution in [3.05, 3.63) is 0 Å². The second-order valence-electron chi connectivity index (χ2n) is 4.25. The molecule has 18 heavy (non-hydrogen) atoms. The highest BCUT2D eigenvalue weighted by Crippen LogP contribution is 2.07. The molecule has 0 saturated heterocycles. The van der Waals surface area contributed by atoms with Gasteiger partial charge < -0.3 is 10.4 Å². The number of hydrazone groups is 1. The Hall–Kier alpha value is -1.92. The monoisotopic (exact) mass is 255 g/mol. The minimum atomic E-state index is -0.885. The maximum atomic E-state index is 11.7. The number of aliphatic carboxylic acids is 1. The number of carbonyl (C=O) groups excluding carboxylic acids is 2. The van der Waals surface area contributed by atoms with Crippen molar-refractivity contribution in [2.45, 2.75) is 26.2 Å². The summed E-state index contributed by atoms with van der Waals surface area (Å²) in [4.78, 5) is 33.4. The van der Waals surface area contributed by atoms with Gasteiger partial charge in [0.15, 0.2) is 0 Å². The van der Waals surface area contributed by atoms with E-state index < -0.39 is 11.9 Å². The second-order valence-corrected chi connectivity index (χ2v) is 4.25. The Morgan fingerprint density at radius 2 is 2.17 bits per heavy atom. The standard InChI is InChI=1S/C11H17N3O4/c1-7(11(17)18)5-6-12-10(16)8-3-4-9(15)14(2)13-8/h7H,3-6H2,1-2H3,(H,12,16)(H,17,18). The van der Waals surface area contributed by atoms with Gasteiger partial charge in [-0.25, -0.2) is 5.01 Å². The molecule has 1 atom stereocenters. The predicted octanol–water partition coefficient (Wildman–Crippen LogP) is -0.178. The summed E-state index contributed by atoms with van der Waals surface area (Å²) in [5.41, 5.74) is 0.306. The molecule has 0 radical (unpaired) electrons. The van der Waals surface area contributed by atoms with Crippen LogP contribution in [0.15, 0.2) is 5.10 Å². The lowest BCUT2D eigenvalue weighted by Crippen LogP contribution is -2.38. The first-order valence-corrected chi connectivity index (χ1v) is 5.77. The molecule has 1 aliphatic rings. The van der Waals surface area contributed by atoms with Crippen molar-refractivity contribution in [1.29, 1.82) is 0 Å². The molecule has 0 spiro atoms. The lowest BCUT2D eigenvalue weighted by molar-refractivity contribution is -0.141. The van der Waals surface area contributed by atoms with Crippen molar-refractivity contribution in [1.82, 2.24) is 10.3 Å². The number of nitrogens with zero attached hydrogens (tertiary/aromatic N) is 2. The molecule has 7 heteroatoms. The summed E-state index contributed by atoms with van der Waals surface area (Å²) in [6.07, 6.45) is 0.959. The van der Waals surface area contributed by atoms with Gasteiger partial charge in [0.2, 0.25) is 5.91 Å². The van der Waals surface area contributed by atoms with Gasteiger partial charge in [-0.2, -0.15) is 5.10 Å². The molecule has 2 N–H and O–H groups in total. The van der Waals surface area contributed by atoms with E-state index in [0.29, 0.717) is 18.6 Å². The molecule has 0 aromatic rings. The molecule has 1 aliphatic heterocycles. The van der Waals surface area contributed by atoms with Crippen molar-refractivity contribution in [2.24, 2.45) is 11.0 Å². The smallest absolute Gasteiger partial charge is 0.306 e. The van der Waals surface area contributed by atoms with E-state index in [9.17, 15) is 14.4 Å². The van der Waals surface area contributed by atoms with Gasteiger partial charge in [-0.15, -0.1) is 0 Å². The number of nitrogens with one attached hydrogen (secondary N) is 1. The van der Waals surface area contributed by atoms with Crippen LogP contribution in [0.4, 0.5) is 0 Å². The van der Waals surface area contributed by atoms with Crippen LogP contribution in [-0.4, -0.2) is 47.2 Å². The van der Waals surface area contributed by atoms with Crippen molar-refractivity contribution in [2.75, 3.05) is 13.6 Å². The van der Waals surface area contributed by atoms with Crippen LogP contribution in [0.2, 0.25) is 0 Å². The summed E-state index contributed by atoms with van der Waals surface area (Å²) < 4.78 is 0. The number of amides is 2. The third-order valence-electron chi connectivity index (χ3n) is 2.75. The van der Waals surface area contributed by atoms with E-state index in [-0.39, 0.29) is 24.8 Å². The SMILES string of the molecule is CC(CCNC(=O)C1=NN(C)C(=O)CC1)C(=O)O. The first-order chi connectivity index (χ1) is 8.41. The van der Waals surface area contributed by atoms with Gasteiger partial charge in [0.25, 0.3) is 5.91 Å². The van der Waals surface area contributed by atoms with Crippen molar-refractivity contribution in [3.8, 4) is 0 Å². The fraction of sp³-hybridized carbons (Fsp3) is 0.636. The molecule has 7 nitrogen and oxygen atoms in total. The van der Waals surface area contributed by atoms with Crippen molar-refractivity contribution >= 4 is 23.5 Å². The van der Waals surface area contributed by atoms with Crippen LogP contribution in [0.5, 0.6) is 0 Å². The van der Waals surface area contributed by atoms with Gasteiger partial charge in [-0.3, -0.25) is 14.4 Å². The highest BCUT2D eigenvalue weighted by atomic mass is 16.4. The predicted molar refractivity (Wildman–Crippen MR) is 63.9 cm³/mol. The molecular weight excluding hydrogens is 238 g/mol. The molecule has 2 amide bonds. The topological polar surface area (TPSA) is 99.1 Å². The van der Waals surface area contributed by atoms with Crippen LogP contribution in [0, 0.1) is 5.92 Å². The van der Waals surface area contributed by atoms with E-state index in [1.54, 1.807) is 6.92 Å². The third-order valence-corrected chi connectivity index (χ3v) is 2.75. The van der Waals surface area contributed by atoms with Crippen LogP contribution in [0.1, 0.15) is 26.2 Å². The summed E-state index contributed by atoms with van der Waals surface area (Å²) >= 11 is 0. The Kier molecular flexibility index (Phi) is 4.82. The Bertz CT molecular complexity index is 392. The van der Waals surface area contributed by atoms with E-state index in [1.165, 1.54) is 7.05 Å². The fourth-order valence-electron chi connectivity index (χ4n) is 1.46. The molecule has 0 aliphatic carbocycles. The minimum absolute atomic E-state index is 0.119. The van der Waals surface area contributed by atoms with Gasteiger partial charge in [-0.1, -0.05) is 6.92 Å². The molecule has 0 aromatic heterocycles. The van der Waals surface area contributed by atoms with Crippen LogP contribution < -0.4 is 5.32 Å². The first-order valence-electron chi connectivity index (χ1n) is 5.77. The largest absolute Gasteiger partial charge is 0.481 e. The molecule has 1 rings (SSSR count). The zero-order valence-corrected chi connectivity index (χ0v) is 10.5. The Labute approximate surface area is 105 Å². The maximum absolute atomic E-state index is 11.7. The van der Waals surface area contributed by atoms with Gasteiger partial charge >= 0.3 is 5.97 Å². The number of hydrogen-bond acceptors (Lipinski definition) is 4. The quantitative estimate of drug-likeness (QED) is 0.712. The first kappa shape index (κ1) is 14.1. The number of hydrogen-bond donors (Lipinski definition) is 2. The number of carboxylic acid groups (broad SMARTS) is 1. The number of carboxylic acids is 1. The van der Waals surface area contributed by atoms with Crippen molar-refractivity contribution < 1.29 is 19.5 Å². The lowest BCUT2D eigenvalue weighted by Gasteiger charge is -2.19. The van der Waals surface area contributed by atoms with Crippen LogP contribution in [-0.2, 0) is 14.4 Å². The summed E-state index contributed by atoms with van der Waals surface area (Å²) in [5.74, 6) is -1.84. The van der Waals surface area contributed by atoms with Gasteiger partial charge in [0.1, 0.15) is 5.71 Å². The second kappa shape index (κ2) is 6.13. The van der Waals surface area contributed by atoms with E-state index in [4.69, 9.17) is 5.11 Å². The molecule has 1 heterocycles. The minimum Gasteiger partial charge on any atom is -0.481 e. The zero-order chi connectivity index (χ0) is 13.7. The van der Waals surface area contributed by atoms with E-state index in [2.05, 4.69) is 10.4 Å². The molecule has 1 unspecified atom stereocenters. The van der Waals surface area contributed by atoms with E-state index >= 15 is 0 Å². The summed E-state index contributed by atoms with van der Waals surface area (Å²) in [5, 5.41) is 16.3. The number of rotatable bonds is 5. The normalized spacial score (nSPS) is 17.1. The van der Waals surface area contributed by atoms with Crippen molar-refractivity contribution in [3.63, 3.8) is 0 Å². The molecule has 0 fully saturated rings. The Balaban J connectivity index is 2.40. The number of carbonyl (C=O) groups is 3. The van der Waals surface area contributed by atoms with Gasteiger partial charge in [0.05, 0.1) is 5.92 Å². The zero-order valence-electron chi connectivity index (χ0n) is 10.5. The average Bonchev–Trinajstić information content (AvgIpc) is 2.32. The molecular formula is C11H17N3O4. The van der Waals surface area contributed by atoms with Crippen LogP contribution in [0.25, 0.3) is 0 Å². The van der Waals surface area contributed by atoms with E-state index in [1.807, 2.05) is 0 Å². The Morgan fingerprint density at radius 3 is 2.72 bits per heavy atom. The average molecular weight is 255 g/mol. The third kappa shape index (κ3) is 3.83. The van der Waals surface area contributed by atoms with Crippen LogP contribution in [0.3, 0.4) is 0 Å². The molecule has 0 aromatic carbocycles. The fourth-order valence-corrected chi connectivity index (χ4v) is 1.46. The Morgan fingerprint density at radius 1 is 1.50 bits per heavy atom.